The normalized spacial score (nSPS) is 27.2. The van der Waals surface area contributed by atoms with Crippen molar-refractivity contribution in [3.8, 4) is 28.8 Å². The highest BCUT2D eigenvalue weighted by atomic mass is 32.2. The van der Waals surface area contributed by atoms with Gasteiger partial charge in [0.2, 0.25) is 27.7 Å². The third-order valence-electron chi connectivity index (χ3n) is 11.9. The molecule has 16 nitrogen and oxygen atoms in total. The number of nitrogens with one attached hydrogen (secondary N) is 3. The van der Waals surface area contributed by atoms with E-state index in [1.807, 2.05) is 57.2 Å². The van der Waals surface area contributed by atoms with Crippen LogP contribution >= 0.6 is 0 Å². The van der Waals surface area contributed by atoms with Crippen molar-refractivity contribution in [3.63, 3.8) is 0 Å². The van der Waals surface area contributed by atoms with Gasteiger partial charge in [0.15, 0.2) is 5.82 Å². The number of sulfonamides is 1. The molecule has 2 aromatic carbocycles. The van der Waals surface area contributed by atoms with Gasteiger partial charge < -0.3 is 34.5 Å². The Balaban J connectivity index is 0.00000317. The van der Waals surface area contributed by atoms with E-state index in [-0.39, 0.29) is 47.5 Å². The minimum absolute atomic E-state index is 0. The molecule has 0 radical (unpaired) electrons. The van der Waals surface area contributed by atoms with Gasteiger partial charge in [-0.25, -0.2) is 18.2 Å². The molecule has 346 valence electrons. The summed E-state index contributed by atoms with van der Waals surface area (Å²) >= 11 is 0. The van der Waals surface area contributed by atoms with E-state index in [4.69, 9.17) is 28.9 Å². The van der Waals surface area contributed by atoms with Gasteiger partial charge in [0.05, 0.1) is 35.9 Å². The lowest BCUT2D eigenvalue weighted by Crippen LogP contribution is -2.59. The van der Waals surface area contributed by atoms with E-state index in [0.717, 1.165) is 6.42 Å². The average Bonchev–Trinajstić information content (AvgIpc) is 4.14. The molecule has 63 heavy (non-hydrogen) atoms. The van der Waals surface area contributed by atoms with Crippen molar-refractivity contribution in [2.24, 2.45) is 17.8 Å². The number of allylic oxidation sites excluding steroid dienone is 1. The Kier molecular flexibility index (Phi) is 13.0. The molecule has 1 aromatic heterocycles. The van der Waals surface area contributed by atoms with E-state index in [0.29, 0.717) is 59.5 Å². The van der Waals surface area contributed by atoms with Crippen molar-refractivity contribution in [3.05, 3.63) is 54.6 Å². The number of benzene rings is 2. The zero-order valence-corrected chi connectivity index (χ0v) is 38.1. The zero-order chi connectivity index (χ0) is 45.4. The van der Waals surface area contributed by atoms with Gasteiger partial charge in [0.25, 0.3) is 5.91 Å². The number of methoxy groups -OCH3 is 1. The second-order valence-corrected chi connectivity index (χ2v) is 20.8. The lowest BCUT2D eigenvalue weighted by molar-refractivity contribution is -0.142. The van der Waals surface area contributed by atoms with E-state index in [2.05, 4.69) is 22.3 Å². The Morgan fingerprint density at radius 1 is 1.00 bits per heavy atom. The van der Waals surface area contributed by atoms with Crippen molar-refractivity contribution in [2.75, 3.05) is 13.7 Å². The molecule has 3 aromatic rings. The molecule has 4 aliphatic rings. The molecule has 3 heterocycles. The first-order valence-electron chi connectivity index (χ1n) is 21.9. The maximum Gasteiger partial charge on any atom is 0.408 e. The Morgan fingerprint density at radius 3 is 2.38 bits per heavy atom. The van der Waals surface area contributed by atoms with Crippen LogP contribution in [-0.4, -0.2) is 101 Å². The van der Waals surface area contributed by atoms with Crippen LogP contribution in [0.2, 0.25) is 0 Å². The summed E-state index contributed by atoms with van der Waals surface area (Å²) in [7, 11) is -2.38. The highest BCUT2D eigenvalue weighted by Crippen LogP contribution is 2.46. The van der Waals surface area contributed by atoms with Gasteiger partial charge in [-0.2, -0.15) is 4.98 Å². The van der Waals surface area contributed by atoms with Gasteiger partial charge in [0, 0.05) is 28.2 Å². The number of alkyl carbamates (subject to hydrolysis) is 1. The average molecular weight is 895 g/mol. The number of amides is 4. The number of fused-ring (bicyclic) bond motifs is 3. The molecule has 0 spiro atoms. The first kappa shape index (κ1) is 45.6. The predicted molar refractivity (Wildman–Crippen MR) is 242 cm³/mol. The van der Waals surface area contributed by atoms with Crippen LogP contribution in [0.4, 0.5) is 4.79 Å². The summed E-state index contributed by atoms with van der Waals surface area (Å²) in [6.07, 6.45) is 5.29. The predicted octanol–water partition coefficient (Wildman–Crippen LogP) is 6.57. The van der Waals surface area contributed by atoms with Crippen molar-refractivity contribution in [1.29, 1.82) is 0 Å². The molecule has 3 fully saturated rings. The molecule has 0 bridgehead atoms. The van der Waals surface area contributed by atoms with Gasteiger partial charge in [-0.3, -0.25) is 19.1 Å². The fraction of sp³-hybridized carbons (Fsp3) is 0.565. The quantitative estimate of drug-likeness (QED) is 0.185. The van der Waals surface area contributed by atoms with Gasteiger partial charge >= 0.3 is 6.09 Å². The lowest BCUT2D eigenvalue weighted by atomic mass is 9.88. The summed E-state index contributed by atoms with van der Waals surface area (Å²) in [5, 5.41) is 5.65. The molecule has 2 aliphatic carbocycles. The Labute approximate surface area is 373 Å². The molecule has 0 unspecified atom stereocenters. The Hall–Kier alpha value is -5.45. The summed E-state index contributed by atoms with van der Waals surface area (Å²) in [5.74, 6) is -0.891. The van der Waals surface area contributed by atoms with Crippen LogP contribution in [-0.2, 0) is 29.1 Å². The number of ether oxygens (including phenoxy) is 4. The van der Waals surface area contributed by atoms with Crippen LogP contribution in [0.3, 0.4) is 0 Å². The van der Waals surface area contributed by atoms with E-state index in [1.54, 1.807) is 46.1 Å². The van der Waals surface area contributed by atoms with Gasteiger partial charge in [0.1, 0.15) is 40.8 Å². The summed E-state index contributed by atoms with van der Waals surface area (Å²) in [4.78, 5) is 68.1. The van der Waals surface area contributed by atoms with Crippen molar-refractivity contribution < 1.29 is 50.8 Å². The number of nitrogens with zero attached hydrogens (tertiary/aromatic N) is 3. The summed E-state index contributed by atoms with van der Waals surface area (Å²) in [6, 6.07) is 10.4. The first-order chi connectivity index (χ1) is 29.7. The summed E-state index contributed by atoms with van der Waals surface area (Å²) < 4.78 is 51.9. The third-order valence-corrected chi connectivity index (χ3v) is 13.7. The van der Waals surface area contributed by atoms with E-state index < -0.39 is 74.3 Å². The molecule has 7 atom stereocenters. The molecular weight excluding hydrogens is 829 g/mol. The molecular formula is C46H66N6O10S. The zero-order valence-electron chi connectivity index (χ0n) is 37.3. The third kappa shape index (κ3) is 10.7. The molecule has 17 heteroatoms. The maximum absolute atomic E-state index is 15.0. The standard InChI is InChI=1S/C46H60N6O10S.3H2/c1-26(2)60-31-15-13-29(14-16-31)39-47-36-22-32(59-8)17-20-35(36)41(49-39)61-33-23-37-40(53)50-46(43(55)51-63(57,58)34-18-19-34)24-30(46)12-10-9-11-27(3)21-28(4)38(42(54)52(37)25-33)48-44(56)62-45(5,6)7;;;/h10,12-17,20,22,26-28,30,33-34,37-38H,9,11,18-19,21,23-25H2,1-8H3,(H,48,56)(H,50,53)(H,51,55);3*1H/b12-10-;;;/t27-,28-,30-,33-,37+,38+,46-;;;/m1.../s1. The molecule has 4 amide bonds. The first-order valence-corrected chi connectivity index (χ1v) is 23.4. The summed E-state index contributed by atoms with van der Waals surface area (Å²) in [6.45, 7) is 13.0. The largest absolute Gasteiger partial charge is 0.497 e. The molecule has 3 N–H and O–H groups in total. The van der Waals surface area contributed by atoms with Crippen LogP contribution in [0.15, 0.2) is 54.6 Å². The van der Waals surface area contributed by atoms with Crippen molar-refractivity contribution in [2.45, 2.75) is 134 Å². The van der Waals surface area contributed by atoms with Crippen molar-refractivity contribution >= 4 is 44.7 Å². The van der Waals surface area contributed by atoms with Crippen LogP contribution in [0.25, 0.3) is 22.3 Å². The number of aromatic nitrogens is 2. The van der Waals surface area contributed by atoms with E-state index >= 15 is 4.79 Å². The number of hydrogen-bond acceptors (Lipinski definition) is 12. The number of hydrogen-bond donors (Lipinski definition) is 3. The van der Waals surface area contributed by atoms with Crippen LogP contribution in [0.5, 0.6) is 17.4 Å². The Morgan fingerprint density at radius 2 is 1.71 bits per heavy atom. The minimum atomic E-state index is -3.94. The SMILES string of the molecule is COc1ccc2c(O[C@@H]3C[C@H]4C(=O)N[C@]5(C(=O)NS(=O)(=O)C6CC6)C[C@H]5/C=C\CC[C@@H](C)C[C@@H](C)[C@H](NC(=O)OC(C)(C)C)C(=O)N4C3)nc(-c3ccc(OC(C)C)cc3)nc2c1.[HH].[HH].[HH]. The van der Waals surface area contributed by atoms with E-state index in [9.17, 15) is 22.8 Å². The van der Waals surface area contributed by atoms with Gasteiger partial charge in [-0.1, -0.05) is 26.0 Å². The van der Waals surface area contributed by atoms with Gasteiger partial charge in [-0.05, 0) is 121 Å². The highest BCUT2D eigenvalue weighted by Gasteiger charge is 2.62. The fourth-order valence-corrected chi connectivity index (χ4v) is 9.83. The summed E-state index contributed by atoms with van der Waals surface area (Å²) in [5.41, 5.74) is -1.18. The second kappa shape index (κ2) is 18.0. The topological polar surface area (TPSA) is 204 Å². The molecule has 2 aliphatic heterocycles. The molecule has 2 saturated carbocycles. The van der Waals surface area contributed by atoms with Crippen LogP contribution < -0.4 is 29.6 Å². The molecule has 7 rings (SSSR count). The van der Waals surface area contributed by atoms with E-state index in [1.165, 1.54) is 4.90 Å². The lowest BCUT2D eigenvalue weighted by Gasteiger charge is -2.33. The molecule has 1 saturated heterocycles. The monoisotopic (exact) mass is 894 g/mol. The number of carbonyl (C=O) groups excluding carboxylic acids is 4. The minimum Gasteiger partial charge on any atom is -0.497 e. The van der Waals surface area contributed by atoms with Crippen LogP contribution in [0, 0.1) is 17.8 Å². The van der Waals surface area contributed by atoms with Crippen molar-refractivity contribution in [1.82, 2.24) is 30.2 Å². The smallest absolute Gasteiger partial charge is 0.408 e. The van der Waals surface area contributed by atoms with Gasteiger partial charge in [-0.15, -0.1) is 0 Å². The maximum atomic E-state index is 15.0. The highest BCUT2D eigenvalue weighted by molar-refractivity contribution is 7.91. The Bertz CT molecular complexity index is 2380. The number of rotatable bonds is 10. The number of carbonyl (C=O) groups is 4. The van der Waals surface area contributed by atoms with Crippen LogP contribution in [0.1, 0.15) is 97.7 Å². The second-order valence-electron chi connectivity index (χ2n) is 18.8. The fourth-order valence-electron chi connectivity index (χ4n) is 8.47.